The second-order valence-corrected chi connectivity index (χ2v) is 7.75. The number of hydrogen-bond acceptors (Lipinski definition) is 4. The largest absolute Gasteiger partial charge is 0.465 e. The average molecular weight is 412 g/mol. The van der Waals surface area contributed by atoms with Crippen molar-refractivity contribution in [1.82, 2.24) is 4.90 Å². The summed E-state index contributed by atoms with van der Waals surface area (Å²) in [6.07, 6.45) is 7.63. The summed E-state index contributed by atoms with van der Waals surface area (Å²) in [6.45, 7) is 4.65. The Morgan fingerprint density at radius 1 is 1.40 bits per heavy atom. The highest BCUT2D eigenvalue weighted by Gasteiger charge is 2.28. The van der Waals surface area contributed by atoms with E-state index in [0.29, 0.717) is 24.9 Å². The Morgan fingerprint density at radius 3 is 2.93 bits per heavy atom. The zero-order valence-electron chi connectivity index (χ0n) is 18.3. The number of carbonyl (C=O) groups is 2. The molecule has 5 heteroatoms. The highest BCUT2D eigenvalue weighted by molar-refractivity contribution is 5.89. The van der Waals surface area contributed by atoms with E-state index in [9.17, 15) is 14.7 Å². The van der Waals surface area contributed by atoms with Gasteiger partial charge in [-0.2, -0.15) is 0 Å². The highest BCUT2D eigenvalue weighted by Crippen LogP contribution is 2.22. The molecule has 1 aromatic rings. The molecule has 30 heavy (non-hydrogen) atoms. The first kappa shape index (κ1) is 23.7. The normalized spacial score (nSPS) is 18.2. The fourth-order valence-corrected chi connectivity index (χ4v) is 3.58. The van der Waals surface area contributed by atoms with E-state index in [1.165, 1.54) is 7.11 Å². The number of ether oxygens (including phenoxy) is 1. The molecule has 0 saturated carbocycles. The predicted molar refractivity (Wildman–Crippen MR) is 118 cm³/mol. The van der Waals surface area contributed by atoms with Gasteiger partial charge in [0.15, 0.2) is 0 Å². The molecule has 2 rings (SSSR count). The van der Waals surface area contributed by atoms with Crippen LogP contribution in [0.3, 0.4) is 0 Å². The Kier molecular flexibility index (Phi) is 9.63. The SMILES string of the molecule is CCC#CC[C@H](C)[C@H](O)C=CC1CCC(=O)N1CCCc1cccc(C(=O)OC)c1. The first-order valence-corrected chi connectivity index (χ1v) is 10.7. The first-order chi connectivity index (χ1) is 14.5. The first-order valence-electron chi connectivity index (χ1n) is 10.7. The van der Waals surface area contributed by atoms with E-state index in [2.05, 4.69) is 11.8 Å². The van der Waals surface area contributed by atoms with E-state index in [1.807, 2.05) is 49.1 Å². The van der Waals surface area contributed by atoms with E-state index < -0.39 is 6.10 Å². The van der Waals surface area contributed by atoms with Crippen LogP contribution < -0.4 is 0 Å². The number of methoxy groups -OCH3 is 1. The minimum absolute atomic E-state index is 0.0301. The van der Waals surface area contributed by atoms with Crippen LogP contribution in [0.5, 0.6) is 0 Å². The van der Waals surface area contributed by atoms with E-state index >= 15 is 0 Å². The second kappa shape index (κ2) is 12.2. The lowest BCUT2D eigenvalue weighted by Gasteiger charge is -2.23. The summed E-state index contributed by atoms with van der Waals surface area (Å²) in [5, 5.41) is 10.3. The van der Waals surface area contributed by atoms with Gasteiger partial charge in [0.05, 0.1) is 24.8 Å². The quantitative estimate of drug-likeness (QED) is 0.382. The van der Waals surface area contributed by atoms with Crippen LogP contribution in [-0.4, -0.2) is 47.7 Å². The lowest BCUT2D eigenvalue weighted by Crippen LogP contribution is -2.33. The van der Waals surface area contributed by atoms with Crippen molar-refractivity contribution in [1.29, 1.82) is 0 Å². The molecule has 1 aliphatic rings. The third-order valence-corrected chi connectivity index (χ3v) is 5.43. The number of rotatable bonds is 9. The van der Waals surface area contributed by atoms with Gasteiger partial charge >= 0.3 is 5.97 Å². The monoisotopic (exact) mass is 411 g/mol. The molecule has 0 aliphatic carbocycles. The molecule has 3 atom stereocenters. The van der Waals surface area contributed by atoms with E-state index in [0.717, 1.165) is 31.2 Å². The van der Waals surface area contributed by atoms with Crippen molar-refractivity contribution in [2.24, 2.45) is 5.92 Å². The van der Waals surface area contributed by atoms with E-state index in [-0.39, 0.29) is 23.8 Å². The summed E-state index contributed by atoms with van der Waals surface area (Å²) in [6, 6.07) is 7.44. The molecule has 1 fully saturated rings. The molecule has 0 bridgehead atoms. The second-order valence-electron chi connectivity index (χ2n) is 7.75. The summed E-state index contributed by atoms with van der Waals surface area (Å²) >= 11 is 0. The van der Waals surface area contributed by atoms with Gasteiger partial charge < -0.3 is 14.7 Å². The van der Waals surface area contributed by atoms with Gasteiger partial charge in [-0.05, 0) is 42.9 Å². The third-order valence-electron chi connectivity index (χ3n) is 5.43. The van der Waals surface area contributed by atoms with Gasteiger partial charge in [0, 0.05) is 25.8 Å². The van der Waals surface area contributed by atoms with Gasteiger partial charge in [-0.25, -0.2) is 4.79 Å². The van der Waals surface area contributed by atoms with Crippen LogP contribution >= 0.6 is 0 Å². The maximum atomic E-state index is 12.3. The highest BCUT2D eigenvalue weighted by atomic mass is 16.5. The van der Waals surface area contributed by atoms with Crippen LogP contribution in [0.4, 0.5) is 0 Å². The molecule has 162 valence electrons. The van der Waals surface area contributed by atoms with E-state index in [1.54, 1.807) is 6.07 Å². The molecule has 1 heterocycles. The summed E-state index contributed by atoms with van der Waals surface area (Å²) in [5.74, 6) is 5.99. The molecule has 1 aliphatic heterocycles. The smallest absolute Gasteiger partial charge is 0.337 e. The number of nitrogens with zero attached hydrogens (tertiary/aromatic N) is 1. The number of aliphatic hydroxyl groups excluding tert-OH is 1. The van der Waals surface area contributed by atoms with Crippen molar-refractivity contribution in [3.8, 4) is 11.8 Å². The van der Waals surface area contributed by atoms with Gasteiger partial charge in [-0.1, -0.05) is 38.1 Å². The van der Waals surface area contributed by atoms with Gasteiger partial charge in [0.2, 0.25) is 5.91 Å². The topological polar surface area (TPSA) is 66.8 Å². The van der Waals surface area contributed by atoms with Crippen LogP contribution in [0.1, 0.15) is 61.9 Å². The molecule has 0 radical (unpaired) electrons. The van der Waals surface area contributed by atoms with Gasteiger partial charge in [-0.15, -0.1) is 11.8 Å². The van der Waals surface area contributed by atoms with Gasteiger partial charge in [0.1, 0.15) is 0 Å². The summed E-state index contributed by atoms with van der Waals surface area (Å²) in [4.78, 5) is 25.9. The number of likely N-dealkylation sites (tertiary alicyclic amines) is 1. The number of aliphatic hydroxyl groups is 1. The number of benzene rings is 1. The molecule has 5 nitrogen and oxygen atoms in total. The van der Waals surface area contributed by atoms with Gasteiger partial charge in [-0.3, -0.25) is 4.79 Å². The van der Waals surface area contributed by atoms with Crippen molar-refractivity contribution in [2.75, 3.05) is 13.7 Å². The minimum Gasteiger partial charge on any atom is -0.465 e. The molecular weight excluding hydrogens is 378 g/mol. The zero-order valence-corrected chi connectivity index (χ0v) is 18.3. The maximum absolute atomic E-state index is 12.3. The van der Waals surface area contributed by atoms with Crippen molar-refractivity contribution < 1.29 is 19.4 Å². The Bertz CT molecular complexity index is 805. The predicted octanol–water partition coefficient (Wildman–Crippen LogP) is 3.75. The summed E-state index contributed by atoms with van der Waals surface area (Å²) < 4.78 is 4.77. The fraction of sp³-hybridized carbons (Fsp3) is 0.520. The maximum Gasteiger partial charge on any atom is 0.337 e. The summed E-state index contributed by atoms with van der Waals surface area (Å²) in [7, 11) is 1.37. The lowest BCUT2D eigenvalue weighted by molar-refractivity contribution is -0.128. The molecular formula is C25H33NO4. The van der Waals surface area contributed by atoms with Crippen LogP contribution in [0.2, 0.25) is 0 Å². The molecule has 0 spiro atoms. The Hall–Kier alpha value is -2.58. The van der Waals surface area contributed by atoms with Crippen LogP contribution in [0.15, 0.2) is 36.4 Å². The minimum atomic E-state index is -0.560. The fourth-order valence-electron chi connectivity index (χ4n) is 3.58. The Balaban J connectivity index is 1.88. The zero-order chi connectivity index (χ0) is 21.9. The van der Waals surface area contributed by atoms with Crippen LogP contribution in [-0.2, 0) is 16.0 Å². The van der Waals surface area contributed by atoms with E-state index in [4.69, 9.17) is 4.74 Å². The van der Waals surface area contributed by atoms with Crippen molar-refractivity contribution in [3.05, 3.63) is 47.5 Å². The number of aryl methyl sites for hydroxylation is 1. The molecule has 1 saturated heterocycles. The number of esters is 1. The molecule has 1 amide bonds. The van der Waals surface area contributed by atoms with Gasteiger partial charge in [0.25, 0.3) is 0 Å². The number of amides is 1. The standard InChI is InChI=1S/C25H33NO4/c1-4-5-6-9-19(2)23(27)15-13-22-14-16-24(28)26(22)17-8-11-20-10-7-12-21(18-20)25(29)30-3/h7,10,12-13,15,18-19,22-23,27H,4,8-9,11,14,16-17H2,1-3H3/t19-,22?,23+/m0/s1. The third kappa shape index (κ3) is 7.03. The molecule has 1 unspecified atom stereocenters. The van der Waals surface area contributed by atoms with Crippen LogP contribution in [0, 0.1) is 17.8 Å². The molecule has 0 aromatic heterocycles. The van der Waals surface area contributed by atoms with Crippen LogP contribution in [0.25, 0.3) is 0 Å². The summed E-state index contributed by atoms with van der Waals surface area (Å²) in [5.41, 5.74) is 1.59. The molecule has 1 aromatic carbocycles. The van der Waals surface area contributed by atoms with Crippen molar-refractivity contribution in [3.63, 3.8) is 0 Å². The Morgan fingerprint density at radius 2 is 2.20 bits per heavy atom. The van der Waals surface area contributed by atoms with Crippen molar-refractivity contribution in [2.45, 2.75) is 64.5 Å². The number of carbonyl (C=O) groups excluding carboxylic acids is 2. The van der Waals surface area contributed by atoms with Crippen molar-refractivity contribution >= 4 is 11.9 Å². The average Bonchev–Trinajstić information content (AvgIpc) is 3.11. The lowest BCUT2D eigenvalue weighted by atomic mass is 10.00. The molecule has 1 N–H and O–H groups in total. The number of hydrogen-bond donors (Lipinski definition) is 1. The Labute approximate surface area is 180 Å².